The van der Waals surface area contributed by atoms with Crippen molar-refractivity contribution in [3.63, 3.8) is 0 Å². The summed E-state index contributed by atoms with van der Waals surface area (Å²) in [4.78, 5) is 10.5. The molecule has 0 aromatic heterocycles. The fourth-order valence-electron chi connectivity index (χ4n) is 1.75. The largest absolute Gasteiger partial charge is 0.298 e. The summed E-state index contributed by atoms with van der Waals surface area (Å²) in [5.74, 6) is 1.14. The lowest BCUT2D eigenvalue weighted by Gasteiger charge is -2.01. The van der Waals surface area contributed by atoms with Crippen LogP contribution in [0.25, 0.3) is 0 Å². The molecule has 3 heteroatoms. The third kappa shape index (κ3) is 1.77. The molecule has 1 unspecified atom stereocenters. The van der Waals surface area contributed by atoms with Crippen LogP contribution in [0.15, 0.2) is 24.3 Å². The molecule has 78 valence electrons. The van der Waals surface area contributed by atoms with Crippen LogP contribution in [-0.4, -0.2) is 36.3 Å². The molecule has 2 rings (SSSR count). The van der Waals surface area contributed by atoms with E-state index in [-0.39, 0.29) is 0 Å². The van der Waals surface area contributed by atoms with Crippen LogP contribution in [0, 0.1) is 0 Å². The molecule has 0 saturated heterocycles. The van der Waals surface area contributed by atoms with E-state index in [0.717, 1.165) is 24.2 Å². The van der Waals surface area contributed by atoms with Crippen molar-refractivity contribution in [2.45, 2.75) is 13.0 Å². The van der Waals surface area contributed by atoms with E-state index in [2.05, 4.69) is 23.9 Å². The maximum atomic E-state index is 10.5. The molecule has 3 nitrogen and oxygen atoms in total. The average molecular weight is 203 g/mol. The first-order valence-corrected chi connectivity index (χ1v) is 5.11. The lowest BCUT2D eigenvalue weighted by atomic mass is 10.1. The normalized spacial score (nSPS) is 20.3. The van der Waals surface area contributed by atoms with Crippen molar-refractivity contribution in [2.75, 3.05) is 13.6 Å². The van der Waals surface area contributed by atoms with Crippen LogP contribution in [0.4, 0.5) is 0 Å². The van der Waals surface area contributed by atoms with Gasteiger partial charge >= 0.3 is 0 Å². The third-order valence-corrected chi connectivity index (χ3v) is 2.90. The molecular formula is C12H15N2O+. The first-order chi connectivity index (χ1) is 7.22. The van der Waals surface area contributed by atoms with Gasteiger partial charge in [0.2, 0.25) is 0 Å². The Hall–Kier alpha value is -1.64. The van der Waals surface area contributed by atoms with Crippen molar-refractivity contribution in [1.82, 2.24) is 5.32 Å². The molecule has 1 aromatic carbocycles. The number of carbonyl (C=O) groups is 1. The molecule has 0 amide bonds. The van der Waals surface area contributed by atoms with E-state index in [9.17, 15) is 4.79 Å². The molecule has 0 radical (unpaired) electrons. The zero-order chi connectivity index (χ0) is 10.8. The Morgan fingerprint density at radius 2 is 2.07 bits per heavy atom. The van der Waals surface area contributed by atoms with Gasteiger partial charge in [0.15, 0.2) is 0 Å². The van der Waals surface area contributed by atoms with E-state index in [4.69, 9.17) is 0 Å². The van der Waals surface area contributed by atoms with E-state index in [1.54, 1.807) is 0 Å². The number of nitrogens with zero attached hydrogens (tertiary/aromatic N) is 1. The molecule has 1 heterocycles. The van der Waals surface area contributed by atoms with Gasteiger partial charge in [-0.2, -0.15) is 0 Å². The monoisotopic (exact) mass is 203 g/mol. The van der Waals surface area contributed by atoms with Gasteiger partial charge < -0.3 is 0 Å². The summed E-state index contributed by atoms with van der Waals surface area (Å²) in [7, 11) is 2.08. The highest BCUT2D eigenvalue weighted by molar-refractivity contribution is 5.96. The Labute approximate surface area is 89.4 Å². The molecule has 0 bridgehead atoms. The number of hydrogen-bond donors (Lipinski definition) is 1. The summed E-state index contributed by atoms with van der Waals surface area (Å²) in [6, 6.07) is 8.15. The van der Waals surface area contributed by atoms with Gasteiger partial charge in [-0.15, -0.1) is 0 Å². The van der Waals surface area contributed by atoms with Crippen molar-refractivity contribution in [3.8, 4) is 0 Å². The molecule has 1 aromatic rings. The molecule has 1 aliphatic heterocycles. The van der Waals surface area contributed by atoms with Gasteiger partial charge in [0.1, 0.15) is 18.9 Å². The van der Waals surface area contributed by atoms with Crippen LogP contribution in [0.2, 0.25) is 0 Å². The van der Waals surface area contributed by atoms with Gasteiger partial charge in [-0.3, -0.25) is 14.7 Å². The van der Waals surface area contributed by atoms with Gasteiger partial charge in [-0.25, -0.2) is 0 Å². The molecule has 1 N–H and O–H groups in total. The predicted molar refractivity (Wildman–Crippen MR) is 59.6 cm³/mol. The minimum atomic E-state index is 0.519. The summed E-state index contributed by atoms with van der Waals surface area (Å²) < 4.78 is 2.22. The molecule has 0 aliphatic carbocycles. The molecule has 1 atom stereocenters. The number of amidine groups is 1. The second kappa shape index (κ2) is 3.85. The number of nitrogens with one attached hydrogen (secondary N) is 1. The highest BCUT2D eigenvalue weighted by Gasteiger charge is 2.25. The van der Waals surface area contributed by atoms with Crippen molar-refractivity contribution >= 4 is 12.1 Å². The van der Waals surface area contributed by atoms with Crippen LogP contribution in [0.5, 0.6) is 0 Å². The Morgan fingerprint density at radius 1 is 1.40 bits per heavy atom. The topological polar surface area (TPSA) is 32.1 Å². The number of benzene rings is 1. The fourth-order valence-corrected chi connectivity index (χ4v) is 1.75. The van der Waals surface area contributed by atoms with Crippen molar-refractivity contribution in [1.29, 1.82) is 0 Å². The summed E-state index contributed by atoms with van der Waals surface area (Å²) in [5, 5.41) is 3.36. The number of likely N-dealkylation sites (N-methyl/N-ethyl adjacent to an activating group) is 1. The zero-order valence-corrected chi connectivity index (χ0v) is 9.03. The van der Waals surface area contributed by atoms with Crippen molar-refractivity contribution in [2.24, 2.45) is 0 Å². The molecule has 0 spiro atoms. The molecule has 15 heavy (non-hydrogen) atoms. The number of hydrogen-bond acceptors (Lipinski definition) is 2. The summed E-state index contributed by atoms with van der Waals surface area (Å²) in [5.41, 5.74) is 1.85. The Bertz CT molecular complexity index is 406. The molecule has 0 saturated carbocycles. The second-order valence-electron chi connectivity index (χ2n) is 3.93. The molecule has 1 aliphatic rings. The zero-order valence-electron chi connectivity index (χ0n) is 9.03. The minimum Gasteiger partial charge on any atom is -0.298 e. The van der Waals surface area contributed by atoms with Crippen LogP contribution in [0.1, 0.15) is 22.8 Å². The second-order valence-corrected chi connectivity index (χ2v) is 3.93. The Morgan fingerprint density at radius 3 is 2.53 bits per heavy atom. The van der Waals surface area contributed by atoms with E-state index in [1.807, 2.05) is 24.3 Å². The minimum absolute atomic E-state index is 0.519. The summed E-state index contributed by atoms with van der Waals surface area (Å²) in [6.45, 7) is 3.15. The molecule has 0 fully saturated rings. The number of aldehydes is 1. The van der Waals surface area contributed by atoms with Gasteiger partial charge in [-0.05, 0) is 19.1 Å². The summed E-state index contributed by atoms with van der Waals surface area (Å²) >= 11 is 0. The first kappa shape index (κ1) is 9.90. The SMILES string of the molecule is CC1CNC(c2ccc(C=O)cc2)=[N+]1C. The maximum absolute atomic E-state index is 10.5. The van der Waals surface area contributed by atoms with E-state index < -0.39 is 0 Å². The Balaban J connectivity index is 2.34. The van der Waals surface area contributed by atoms with Crippen molar-refractivity contribution < 1.29 is 9.37 Å². The van der Waals surface area contributed by atoms with E-state index >= 15 is 0 Å². The van der Waals surface area contributed by atoms with Crippen LogP contribution in [0.3, 0.4) is 0 Å². The highest BCUT2D eigenvalue weighted by Crippen LogP contribution is 2.07. The third-order valence-electron chi connectivity index (χ3n) is 2.90. The van der Waals surface area contributed by atoms with Gasteiger partial charge in [-0.1, -0.05) is 12.1 Å². The lowest BCUT2D eigenvalue weighted by molar-refractivity contribution is -0.522. The molecular weight excluding hydrogens is 188 g/mol. The summed E-state index contributed by atoms with van der Waals surface area (Å²) in [6.07, 6.45) is 0.864. The van der Waals surface area contributed by atoms with Crippen molar-refractivity contribution in [3.05, 3.63) is 35.4 Å². The van der Waals surface area contributed by atoms with Gasteiger partial charge in [0, 0.05) is 5.56 Å². The Kier molecular flexibility index (Phi) is 2.54. The van der Waals surface area contributed by atoms with Gasteiger partial charge in [0.05, 0.1) is 12.6 Å². The van der Waals surface area contributed by atoms with Crippen LogP contribution >= 0.6 is 0 Å². The lowest BCUT2D eigenvalue weighted by Crippen LogP contribution is -2.22. The number of rotatable bonds is 2. The number of carbonyl (C=O) groups excluding carboxylic acids is 1. The van der Waals surface area contributed by atoms with E-state index in [0.29, 0.717) is 11.6 Å². The maximum Gasteiger partial charge on any atom is 0.277 e. The highest BCUT2D eigenvalue weighted by atomic mass is 16.1. The standard InChI is InChI=1S/C12H14N2O/c1-9-7-13-12(14(9)2)11-5-3-10(8-15)4-6-11/h3-6,8-9H,7H2,1-2H3/p+1. The van der Waals surface area contributed by atoms with Crippen LogP contribution in [-0.2, 0) is 0 Å². The predicted octanol–water partition coefficient (Wildman–Crippen LogP) is 0.880. The smallest absolute Gasteiger partial charge is 0.277 e. The average Bonchev–Trinajstić information content (AvgIpc) is 2.60. The van der Waals surface area contributed by atoms with Crippen LogP contribution < -0.4 is 5.32 Å². The fraction of sp³-hybridized carbons (Fsp3) is 0.333. The van der Waals surface area contributed by atoms with Gasteiger partial charge in [0.25, 0.3) is 5.84 Å². The quantitative estimate of drug-likeness (QED) is 0.571. The van der Waals surface area contributed by atoms with E-state index in [1.165, 1.54) is 0 Å². The first-order valence-electron chi connectivity index (χ1n) is 5.11.